The summed E-state index contributed by atoms with van der Waals surface area (Å²) in [5.74, 6) is 1.35. The van der Waals surface area contributed by atoms with Gasteiger partial charge in [-0.1, -0.05) is 35.9 Å². The molecule has 8 heteroatoms. The number of thioether (sulfide) groups is 1. The highest BCUT2D eigenvalue weighted by atomic mass is 35.5. The molecule has 0 aliphatic carbocycles. The van der Waals surface area contributed by atoms with Crippen molar-refractivity contribution < 1.29 is 13.2 Å². The summed E-state index contributed by atoms with van der Waals surface area (Å²) in [4.78, 5) is 12.8. The predicted octanol–water partition coefficient (Wildman–Crippen LogP) is 4.10. The lowest BCUT2D eigenvalue weighted by Crippen LogP contribution is -2.45. The highest BCUT2D eigenvalue weighted by Crippen LogP contribution is 2.25. The molecular weight excluding hydrogens is 440 g/mol. The van der Waals surface area contributed by atoms with Gasteiger partial charge in [0.2, 0.25) is 15.9 Å². The van der Waals surface area contributed by atoms with Crippen molar-refractivity contribution in [1.29, 1.82) is 0 Å². The number of carbonyl (C=O) groups excluding carboxylic acids is 1. The van der Waals surface area contributed by atoms with E-state index >= 15 is 0 Å². The summed E-state index contributed by atoms with van der Waals surface area (Å²) in [6, 6.07) is 14.4. The molecule has 0 aromatic heterocycles. The number of benzene rings is 2. The van der Waals surface area contributed by atoms with Crippen LogP contribution in [0.3, 0.4) is 0 Å². The Balaban J connectivity index is 1.47. The van der Waals surface area contributed by atoms with E-state index < -0.39 is 10.0 Å². The molecule has 1 saturated heterocycles. The molecule has 5 nitrogen and oxygen atoms in total. The second-order valence-electron chi connectivity index (χ2n) is 7.43. The standard InChI is InChI=1S/C22H27ClN2O3S2/c1-17-5-2-3-6-19(17)16-29-14-12-24-22(26)18-7-4-13-25(15-18)30(27,28)21-10-8-20(23)9-11-21/h2-3,5-6,8-11,18H,4,7,12-16H2,1H3,(H,24,26). The maximum Gasteiger partial charge on any atom is 0.243 e. The van der Waals surface area contributed by atoms with Gasteiger partial charge in [-0.25, -0.2) is 8.42 Å². The number of amides is 1. The summed E-state index contributed by atoms with van der Waals surface area (Å²) >= 11 is 7.64. The fourth-order valence-electron chi connectivity index (χ4n) is 3.48. The summed E-state index contributed by atoms with van der Waals surface area (Å²) in [7, 11) is -3.62. The molecular formula is C22H27ClN2O3S2. The van der Waals surface area contributed by atoms with Gasteiger partial charge < -0.3 is 5.32 Å². The van der Waals surface area contributed by atoms with Crippen molar-refractivity contribution in [2.24, 2.45) is 5.92 Å². The van der Waals surface area contributed by atoms with E-state index in [1.54, 1.807) is 23.9 Å². The number of nitrogens with zero attached hydrogens (tertiary/aromatic N) is 1. The Kier molecular flexibility index (Phi) is 8.22. The molecule has 1 atom stereocenters. The number of hydrogen-bond acceptors (Lipinski definition) is 4. The third kappa shape index (κ3) is 6.00. The highest BCUT2D eigenvalue weighted by molar-refractivity contribution is 7.98. The molecule has 1 heterocycles. The summed E-state index contributed by atoms with van der Waals surface area (Å²) < 4.78 is 27.2. The molecule has 1 unspecified atom stereocenters. The second kappa shape index (κ2) is 10.7. The minimum atomic E-state index is -3.62. The van der Waals surface area contributed by atoms with Crippen LogP contribution in [0.25, 0.3) is 0 Å². The van der Waals surface area contributed by atoms with Gasteiger partial charge in [0.25, 0.3) is 0 Å². The van der Waals surface area contributed by atoms with Crippen LogP contribution in [0.4, 0.5) is 0 Å². The topological polar surface area (TPSA) is 66.5 Å². The van der Waals surface area contributed by atoms with E-state index in [1.165, 1.54) is 27.6 Å². The van der Waals surface area contributed by atoms with Gasteiger partial charge in [-0.2, -0.15) is 16.1 Å². The van der Waals surface area contributed by atoms with Crippen LogP contribution in [0.15, 0.2) is 53.4 Å². The zero-order chi connectivity index (χ0) is 21.6. The number of nitrogens with one attached hydrogen (secondary N) is 1. The molecule has 30 heavy (non-hydrogen) atoms. The van der Waals surface area contributed by atoms with Crippen LogP contribution in [-0.2, 0) is 20.6 Å². The number of sulfonamides is 1. The van der Waals surface area contributed by atoms with Crippen molar-refractivity contribution in [3.63, 3.8) is 0 Å². The molecule has 1 aliphatic rings. The van der Waals surface area contributed by atoms with E-state index in [9.17, 15) is 13.2 Å². The van der Waals surface area contributed by atoms with Gasteiger partial charge in [-0.05, 0) is 55.2 Å². The van der Waals surface area contributed by atoms with Crippen LogP contribution in [0, 0.1) is 12.8 Å². The third-order valence-electron chi connectivity index (χ3n) is 5.27. The number of rotatable bonds is 8. The average Bonchev–Trinajstić information content (AvgIpc) is 2.75. The third-order valence-corrected chi connectivity index (χ3v) is 8.41. The SMILES string of the molecule is Cc1ccccc1CSCCNC(=O)C1CCCN(S(=O)(=O)c2ccc(Cl)cc2)C1. The van der Waals surface area contributed by atoms with Crippen molar-refractivity contribution in [3.8, 4) is 0 Å². The van der Waals surface area contributed by atoms with Crippen LogP contribution in [-0.4, -0.2) is 44.0 Å². The monoisotopic (exact) mass is 466 g/mol. The Morgan fingerprint density at radius 3 is 2.67 bits per heavy atom. The fourth-order valence-corrected chi connectivity index (χ4v) is 6.06. The lowest BCUT2D eigenvalue weighted by molar-refractivity contribution is -0.125. The predicted molar refractivity (Wildman–Crippen MR) is 123 cm³/mol. The van der Waals surface area contributed by atoms with Gasteiger partial charge >= 0.3 is 0 Å². The first-order chi connectivity index (χ1) is 14.4. The minimum absolute atomic E-state index is 0.0671. The van der Waals surface area contributed by atoms with E-state index in [0.29, 0.717) is 31.0 Å². The van der Waals surface area contributed by atoms with Crippen molar-refractivity contribution in [2.75, 3.05) is 25.4 Å². The molecule has 1 aliphatic heterocycles. The molecule has 162 valence electrons. The zero-order valence-corrected chi connectivity index (χ0v) is 19.4. The van der Waals surface area contributed by atoms with Crippen LogP contribution >= 0.6 is 23.4 Å². The largest absolute Gasteiger partial charge is 0.355 e. The van der Waals surface area contributed by atoms with E-state index in [0.717, 1.165) is 11.5 Å². The Bertz CT molecular complexity index is 965. The average molecular weight is 467 g/mol. The number of aryl methyl sites for hydroxylation is 1. The quantitative estimate of drug-likeness (QED) is 0.595. The first kappa shape index (κ1) is 23.1. The first-order valence-corrected chi connectivity index (χ1v) is 13.0. The Morgan fingerprint density at radius 1 is 1.20 bits per heavy atom. The lowest BCUT2D eigenvalue weighted by atomic mass is 9.99. The zero-order valence-electron chi connectivity index (χ0n) is 17.0. The molecule has 2 aromatic carbocycles. The number of halogens is 1. The molecule has 0 radical (unpaired) electrons. The van der Waals surface area contributed by atoms with Crippen LogP contribution in [0.1, 0.15) is 24.0 Å². The van der Waals surface area contributed by atoms with Crippen molar-refractivity contribution in [2.45, 2.75) is 30.4 Å². The molecule has 2 aromatic rings. The van der Waals surface area contributed by atoms with Gasteiger partial charge in [0.05, 0.1) is 10.8 Å². The molecule has 3 rings (SSSR count). The van der Waals surface area contributed by atoms with Crippen LogP contribution in [0.2, 0.25) is 5.02 Å². The lowest BCUT2D eigenvalue weighted by Gasteiger charge is -2.31. The molecule has 0 saturated carbocycles. The van der Waals surface area contributed by atoms with Crippen molar-refractivity contribution in [3.05, 3.63) is 64.7 Å². The Morgan fingerprint density at radius 2 is 1.93 bits per heavy atom. The maximum atomic E-state index is 12.9. The van der Waals surface area contributed by atoms with Crippen molar-refractivity contribution in [1.82, 2.24) is 9.62 Å². The number of carbonyl (C=O) groups is 1. The maximum absolute atomic E-state index is 12.9. The Labute approximate surface area is 188 Å². The molecule has 0 bridgehead atoms. The van der Waals surface area contributed by atoms with Crippen LogP contribution < -0.4 is 5.32 Å². The Hall–Kier alpha value is -1.54. The summed E-state index contributed by atoms with van der Waals surface area (Å²) in [5.41, 5.74) is 2.59. The second-order valence-corrected chi connectivity index (χ2v) is 10.9. The molecule has 1 N–H and O–H groups in total. The minimum Gasteiger partial charge on any atom is -0.355 e. The van der Waals surface area contributed by atoms with Gasteiger partial charge in [0.15, 0.2) is 0 Å². The van der Waals surface area contributed by atoms with Gasteiger partial charge in [0.1, 0.15) is 0 Å². The van der Waals surface area contributed by atoms with Gasteiger partial charge in [-0.3, -0.25) is 4.79 Å². The fraction of sp³-hybridized carbons (Fsp3) is 0.409. The molecule has 1 amide bonds. The van der Waals surface area contributed by atoms with Crippen molar-refractivity contribution >= 4 is 39.3 Å². The van der Waals surface area contributed by atoms with Gasteiger partial charge in [-0.15, -0.1) is 0 Å². The number of hydrogen-bond donors (Lipinski definition) is 1. The van der Waals surface area contributed by atoms with Crippen LogP contribution in [0.5, 0.6) is 0 Å². The smallest absolute Gasteiger partial charge is 0.243 e. The van der Waals surface area contributed by atoms with E-state index in [-0.39, 0.29) is 23.3 Å². The van der Waals surface area contributed by atoms with E-state index in [1.807, 2.05) is 12.1 Å². The molecule has 0 spiro atoms. The first-order valence-electron chi connectivity index (χ1n) is 10.0. The summed E-state index contributed by atoms with van der Waals surface area (Å²) in [6.07, 6.45) is 1.38. The summed E-state index contributed by atoms with van der Waals surface area (Å²) in [5, 5.41) is 3.46. The highest BCUT2D eigenvalue weighted by Gasteiger charge is 2.33. The summed E-state index contributed by atoms with van der Waals surface area (Å²) in [6.45, 7) is 3.33. The normalized spacial score (nSPS) is 17.6. The number of piperidine rings is 1. The van der Waals surface area contributed by atoms with E-state index in [2.05, 4.69) is 24.4 Å². The van der Waals surface area contributed by atoms with E-state index in [4.69, 9.17) is 11.6 Å². The molecule has 1 fully saturated rings. The van der Waals surface area contributed by atoms with Gasteiger partial charge in [0, 0.05) is 36.2 Å².